The molecular weight excluding hydrogens is 248 g/mol. The van der Waals surface area contributed by atoms with Gasteiger partial charge in [0.2, 0.25) is 5.91 Å². The molecule has 3 N–H and O–H groups in total. The molecule has 0 aromatic heterocycles. The highest BCUT2D eigenvalue weighted by Crippen LogP contribution is 2.21. The van der Waals surface area contributed by atoms with Gasteiger partial charge in [0.15, 0.2) is 0 Å². The molecule has 0 aliphatic heterocycles. The number of hydrogen-bond donors (Lipinski definition) is 2. The Morgan fingerprint density at radius 3 is 2.61 bits per heavy atom. The van der Waals surface area contributed by atoms with Gasteiger partial charge in [0.1, 0.15) is 0 Å². The topological polar surface area (TPSA) is 55.1 Å². The van der Waals surface area contributed by atoms with Gasteiger partial charge in [-0.3, -0.25) is 4.79 Å². The minimum atomic E-state index is -0.342. The Morgan fingerprint density at radius 2 is 2.06 bits per heavy atom. The molecule has 0 saturated carbocycles. The van der Waals surface area contributed by atoms with Crippen LogP contribution in [0.15, 0.2) is 24.3 Å². The Morgan fingerprint density at radius 1 is 1.44 bits per heavy atom. The Labute approximate surface area is 114 Å². The maximum Gasteiger partial charge on any atom is 0.224 e. The maximum absolute atomic E-state index is 11.8. The summed E-state index contributed by atoms with van der Waals surface area (Å²) in [5.41, 5.74) is 6.18. The number of amides is 1. The van der Waals surface area contributed by atoms with E-state index >= 15 is 0 Å². The molecule has 100 valence electrons. The van der Waals surface area contributed by atoms with Crippen molar-refractivity contribution in [2.24, 2.45) is 11.7 Å². The standard InChI is InChI=1S/C14H21ClN2O/c1-10(9-16)13(18)17-14(2,3)8-11-6-4-5-7-12(11)15/h4-7,10H,8-9,16H2,1-3H3,(H,17,18). The lowest BCUT2D eigenvalue weighted by Crippen LogP contribution is -2.48. The van der Waals surface area contributed by atoms with Crippen LogP contribution in [-0.2, 0) is 11.2 Å². The van der Waals surface area contributed by atoms with E-state index in [1.165, 1.54) is 0 Å². The van der Waals surface area contributed by atoms with Gasteiger partial charge in [0, 0.05) is 23.0 Å². The van der Waals surface area contributed by atoms with E-state index in [-0.39, 0.29) is 17.4 Å². The number of hydrogen-bond acceptors (Lipinski definition) is 2. The van der Waals surface area contributed by atoms with E-state index in [0.717, 1.165) is 10.6 Å². The molecule has 0 heterocycles. The molecule has 0 aliphatic carbocycles. The van der Waals surface area contributed by atoms with Crippen molar-refractivity contribution >= 4 is 17.5 Å². The molecule has 1 aromatic carbocycles. The highest BCUT2D eigenvalue weighted by Gasteiger charge is 2.24. The second-order valence-electron chi connectivity index (χ2n) is 5.28. The third-order valence-corrected chi connectivity index (χ3v) is 3.22. The zero-order chi connectivity index (χ0) is 13.8. The fraction of sp³-hybridized carbons (Fsp3) is 0.500. The summed E-state index contributed by atoms with van der Waals surface area (Å²) in [7, 11) is 0. The minimum Gasteiger partial charge on any atom is -0.351 e. The van der Waals surface area contributed by atoms with Crippen LogP contribution in [0.5, 0.6) is 0 Å². The summed E-state index contributed by atoms with van der Waals surface area (Å²) in [6, 6.07) is 7.68. The molecule has 0 spiro atoms. The van der Waals surface area contributed by atoms with Gasteiger partial charge < -0.3 is 11.1 Å². The van der Waals surface area contributed by atoms with Crippen LogP contribution >= 0.6 is 11.6 Å². The number of rotatable bonds is 5. The van der Waals surface area contributed by atoms with Crippen molar-refractivity contribution in [2.75, 3.05) is 6.54 Å². The van der Waals surface area contributed by atoms with E-state index < -0.39 is 0 Å². The normalized spacial score (nSPS) is 13.2. The van der Waals surface area contributed by atoms with E-state index in [4.69, 9.17) is 17.3 Å². The molecule has 1 aromatic rings. The average Bonchev–Trinajstić information content (AvgIpc) is 2.30. The van der Waals surface area contributed by atoms with Crippen molar-refractivity contribution in [2.45, 2.75) is 32.7 Å². The predicted octanol–water partition coefficient (Wildman–Crippen LogP) is 2.37. The fourth-order valence-electron chi connectivity index (χ4n) is 1.73. The molecule has 4 heteroatoms. The smallest absolute Gasteiger partial charge is 0.224 e. The Hall–Kier alpha value is -1.06. The van der Waals surface area contributed by atoms with Gasteiger partial charge in [-0.2, -0.15) is 0 Å². The van der Waals surface area contributed by atoms with Crippen LogP contribution < -0.4 is 11.1 Å². The Kier molecular flexibility index (Phi) is 5.17. The molecule has 1 amide bonds. The first-order valence-corrected chi connectivity index (χ1v) is 6.49. The van der Waals surface area contributed by atoms with E-state index in [0.29, 0.717) is 13.0 Å². The first kappa shape index (κ1) is 15.0. The number of benzene rings is 1. The molecule has 0 fully saturated rings. The largest absolute Gasteiger partial charge is 0.351 e. The van der Waals surface area contributed by atoms with Gasteiger partial charge in [-0.15, -0.1) is 0 Å². The molecule has 0 saturated heterocycles. The average molecular weight is 269 g/mol. The SMILES string of the molecule is CC(CN)C(=O)NC(C)(C)Cc1ccccc1Cl. The van der Waals surface area contributed by atoms with Crippen molar-refractivity contribution in [1.29, 1.82) is 0 Å². The first-order valence-electron chi connectivity index (χ1n) is 6.11. The van der Waals surface area contributed by atoms with Crippen LogP contribution in [0, 0.1) is 5.92 Å². The quantitative estimate of drug-likeness (QED) is 0.861. The monoisotopic (exact) mass is 268 g/mol. The molecule has 0 aliphatic rings. The lowest BCUT2D eigenvalue weighted by Gasteiger charge is -2.28. The molecular formula is C14H21ClN2O. The van der Waals surface area contributed by atoms with Crippen LogP contribution in [-0.4, -0.2) is 18.0 Å². The van der Waals surface area contributed by atoms with Crippen molar-refractivity contribution < 1.29 is 4.79 Å². The lowest BCUT2D eigenvalue weighted by atomic mass is 9.94. The second kappa shape index (κ2) is 6.21. The summed E-state index contributed by atoms with van der Waals surface area (Å²) in [4.78, 5) is 11.8. The minimum absolute atomic E-state index is 0.0189. The predicted molar refractivity (Wildman–Crippen MR) is 75.6 cm³/mol. The van der Waals surface area contributed by atoms with Crippen molar-refractivity contribution in [3.63, 3.8) is 0 Å². The van der Waals surface area contributed by atoms with Crippen LogP contribution in [0.4, 0.5) is 0 Å². The zero-order valence-corrected chi connectivity index (χ0v) is 11.9. The van der Waals surface area contributed by atoms with Crippen LogP contribution in [0.3, 0.4) is 0 Å². The number of carbonyl (C=O) groups is 1. The zero-order valence-electron chi connectivity index (χ0n) is 11.2. The third kappa shape index (κ3) is 4.31. The van der Waals surface area contributed by atoms with Gasteiger partial charge in [-0.25, -0.2) is 0 Å². The lowest BCUT2D eigenvalue weighted by molar-refractivity contribution is -0.125. The summed E-state index contributed by atoms with van der Waals surface area (Å²) in [6.45, 7) is 6.14. The third-order valence-electron chi connectivity index (χ3n) is 2.85. The molecule has 3 nitrogen and oxygen atoms in total. The number of halogens is 1. The molecule has 1 rings (SSSR count). The van der Waals surface area contributed by atoms with Gasteiger partial charge in [0.25, 0.3) is 0 Å². The Bertz CT molecular complexity index is 418. The summed E-state index contributed by atoms with van der Waals surface area (Å²) < 4.78 is 0. The number of carbonyl (C=O) groups excluding carboxylic acids is 1. The van der Waals surface area contributed by atoms with E-state index in [1.54, 1.807) is 0 Å². The van der Waals surface area contributed by atoms with Crippen LogP contribution in [0.2, 0.25) is 5.02 Å². The fourth-order valence-corrected chi connectivity index (χ4v) is 1.93. The maximum atomic E-state index is 11.8. The van der Waals surface area contributed by atoms with E-state index in [9.17, 15) is 4.79 Å². The van der Waals surface area contributed by atoms with Gasteiger partial charge >= 0.3 is 0 Å². The summed E-state index contributed by atoms with van der Waals surface area (Å²) in [5.74, 6) is -0.190. The van der Waals surface area contributed by atoms with E-state index in [2.05, 4.69) is 5.32 Å². The molecule has 0 radical (unpaired) electrons. The van der Waals surface area contributed by atoms with Crippen molar-refractivity contribution in [1.82, 2.24) is 5.32 Å². The van der Waals surface area contributed by atoms with E-state index in [1.807, 2.05) is 45.0 Å². The Balaban J connectivity index is 2.70. The molecule has 1 unspecified atom stereocenters. The summed E-state index contributed by atoms with van der Waals surface area (Å²) in [5, 5.41) is 3.73. The molecule has 0 bridgehead atoms. The highest BCUT2D eigenvalue weighted by molar-refractivity contribution is 6.31. The number of nitrogens with one attached hydrogen (secondary N) is 1. The van der Waals surface area contributed by atoms with Crippen molar-refractivity contribution in [3.05, 3.63) is 34.9 Å². The van der Waals surface area contributed by atoms with Crippen molar-refractivity contribution in [3.8, 4) is 0 Å². The van der Waals surface area contributed by atoms with Crippen LogP contribution in [0.25, 0.3) is 0 Å². The second-order valence-corrected chi connectivity index (χ2v) is 5.69. The summed E-state index contributed by atoms with van der Waals surface area (Å²) >= 11 is 6.12. The summed E-state index contributed by atoms with van der Waals surface area (Å²) in [6.07, 6.45) is 0.690. The van der Waals surface area contributed by atoms with Crippen LogP contribution in [0.1, 0.15) is 26.3 Å². The van der Waals surface area contributed by atoms with Gasteiger partial charge in [-0.05, 0) is 31.9 Å². The van der Waals surface area contributed by atoms with Gasteiger partial charge in [-0.1, -0.05) is 36.7 Å². The number of nitrogens with two attached hydrogens (primary N) is 1. The highest BCUT2D eigenvalue weighted by atomic mass is 35.5. The molecule has 1 atom stereocenters. The first-order chi connectivity index (χ1) is 8.35. The van der Waals surface area contributed by atoms with Gasteiger partial charge in [0.05, 0.1) is 0 Å². The molecule has 18 heavy (non-hydrogen) atoms.